The molecule has 0 saturated carbocycles. The molecule has 1 saturated heterocycles. The molecule has 1 heterocycles. The average Bonchev–Trinajstić information content (AvgIpc) is 1.76. The fourth-order valence-corrected chi connectivity index (χ4v) is 1.87. The van der Waals surface area contributed by atoms with Crippen LogP contribution in [0.3, 0.4) is 0 Å². The van der Waals surface area contributed by atoms with Gasteiger partial charge in [0.15, 0.2) is 0 Å². The van der Waals surface area contributed by atoms with E-state index in [1.165, 1.54) is 33.7 Å². The molecule has 0 aromatic rings. The Bertz CT molecular complexity index is 19.1. The number of hydrogen-bond acceptors (Lipinski definition) is 0. The van der Waals surface area contributed by atoms with E-state index in [1.54, 1.807) is 0 Å². The first-order valence-corrected chi connectivity index (χ1v) is 3.62. The van der Waals surface area contributed by atoms with Crippen LogP contribution < -0.4 is 0 Å². The van der Waals surface area contributed by atoms with E-state index in [2.05, 4.69) is 0 Å². The lowest BCUT2D eigenvalue weighted by molar-refractivity contribution is 0.949. The lowest BCUT2D eigenvalue weighted by atomic mass is 10.4. The van der Waals surface area contributed by atoms with Crippen molar-refractivity contribution in [3.63, 3.8) is 0 Å². The summed E-state index contributed by atoms with van der Waals surface area (Å²) in [6, 6.07) is 0. The zero-order chi connectivity index (χ0) is 3.54. The highest BCUT2D eigenvalue weighted by atomic mass is 31.1. The largest absolute Gasteiger partial charge is 0.122 e. The molecular weight excluding hydrogens is 89.8 g/mol. The number of hydrogen-bond donors (Lipinski definition) is 0. The van der Waals surface area contributed by atoms with Crippen LogP contribution in [-0.2, 0) is 0 Å². The molecule has 6 heavy (non-hydrogen) atoms. The van der Waals surface area contributed by atoms with E-state index >= 15 is 0 Å². The van der Waals surface area contributed by atoms with Crippen molar-refractivity contribution in [3.8, 4) is 0 Å². The molecule has 3 radical (unpaired) electrons. The summed E-state index contributed by atoms with van der Waals surface area (Å²) >= 11 is 0. The lowest BCUT2D eigenvalue weighted by Crippen LogP contribution is -1.58. The zero-order valence-corrected chi connectivity index (χ0v) is 4.91. The predicted molar refractivity (Wildman–Crippen MR) is 33.0 cm³/mol. The summed E-state index contributed by atoms with van der Waals surface area (Å²) in [5.74, 6) is 0. The minimum Gasteiger partial charge on any atom is -0.122 e. The maximum atomic E-state index is 1.53. The molecule has 0 aliphatic carbocycles. The summed E-state index contributed by atoms with van der Waals surface area (Å²) < 4.78 is 0. The van der Waals surface area contributed by atoms with Gasteiger partial charge in [-0.3, -0.25) is 0 Å². The van der Waals surface area contributed by atoms with Crippen LogP contribution in [0.2, 0.25) is 0 Å². The topological polar surface area (TPSA) is 0 Å². The molecule has 0 unspecified atom stereocenters. The molecule has 0 bridgehead atoms. The van der Waals surface area contributed by atoms with E-state index in [0.29, 0.717) is 0 Å². The second kappa shape index (κ2) is 3.68. The Kier molecular flexibility index (Phi) is 3.98. The fraction of sp³-hybridized carbons (Fsp3) is 1.00. The maximum Gasteiger partial charge on any atom is 0 e. The first-order valence-electron chi connectivity index (χ1n) is 2.21. The van der Waals surface area contributed by atoms with Crippen LogP contribution in [0.5, 0.6) is 0 Å². The van der Waals surface area contributed by atoms with Gasteiger partial charge < -0.3 is 0 Å². The predicted octanol–water partition coefficient (Wildman–Crippen LogP) is 1.08. The van der Waals surface area contributed by atoms with E-state index in [4.69, 9.17) is 0 Å². The molecule has 1 aliphatic rings. The second-order valence-corrected chi connectivity index (χ2v) is 2.96. The van der Waals surface area contributed by atoms with Crippen LogP contribution in [0, 0.1) is 0 Å². The van der Waals surface area contributed by atoms with Crippen LogP contribution in [0.25, 0.3) is 0 Å². The Balaban J connectivity index is 0.000000250. The molecule has 0 spiro atoms. The molecule has 2 heteroatoms. The van der Waals surface area contributed by atoms with Gasteiger partial charge in [0.25, 0.3) is 0 Å². The van der Waals surface area contributed by atoms with E-state index in [-0.39, 0.29) is 8.41 Å². The average molecular weight is 98.9 g/mol. The molecular formula is C4H9BP. The summed E-state index contributed by atoms with van der Waals surface area (Å²) in [6.07, 6.45) is 6.08. The third-order valence-electron chi connectivity index (χ3n) is 0.957. The van der Waals surface area contributed by atoms with Gasteiger partial charge in [-0.25, -0.2) is 0 Å². The van der Waals surface area contributed by atoms with Gasteiger partial charge in [-0.2, -0.15) is 0 Å². The van der Waals surface area contributed by atoms with Gasteiger partial charge >= 0.3 is 0 Å². The van der Waals surface area contributed by atoms with Crippen LogP contribution in [0.1, 0.15) is 12.8 Å². The third-order valence-corrected chi connectivity index (χ3v) is 2.37. The van der Waals surface area contributed by atoms with Gasteiger partial charge in [0.05, 0.1) is 0 Å². The summed E-state index contributed by atoms with van der Waals surface area (Å²) in [4.78, 5) is 0. The van der Waals surface area contributed by atoms with Crippen molar-refractivity contribution < 1.29 is 0 Å². The van der Waals surface area contributed by atoms with E-state index < -0.39 is 0 Å². The van der Waals surface area contributed by atoms with Crippen LogP contribution in [0.15, 0.2) is 0 Å². The first-order chi connectivity index (χ1) is 2.50. The Morgan fingerprint density at radius 2 is 1.50 bits per heavy atom. The van der Waals surface area contributed by atoms with Crippen molar-refractivity contribution in [2.75, 3.05) is 12.3 Å². The molecule has 0 amide bonds. The summed E-state index contributed by atoms with van der Waals surface area (Å²) in [6.45, 7) is 0. The van der Waals surface area contributed by atoms with Crippen LogP contribution >= 0.6 is 8.58 Å². The SMILES string of the molecule is C1CCPC1.[B]. The van der Waals surface area contributed by atoms with Crippen molar-refractivity contribution in [3.05, 3.63) is 0 Å². The van der Waals surface area contributed by atoms with Crippen molar-refractivity contribution in [1.82, 2.24) is 0 Å². The normalized spacial score (nSPS) is 20.0. The maximum absolute atomic E-state index is 1.53. The fourth-order valence-electron chi connectivity index (χ4n) is 0.625. The van der Waals surface area contributed by atoms with Crippen molar-refractivity contribution in [2.45, 2.75) is 12.8 Å². The van der Waals surface area contributed by atoms with Gasteiger partial charge in [-0.05, 0) is 25.2 Å². The number of rotatable bonds is 0. The minimum atomic E-state index is 0. The highest BCUT2D eigenvalue weighted by molar-refractivity contribution is 7.38. The summed E-state index contributed by atoms with van der Waals surface area (Å²) in [5, 5.41) is 0. The zero-order valence-electron chi connectivity index (χ0n) is 3.91. The van der Waals surface area contributed by atoms with Gasteiger partial charge in [0.2, 0.25) is 0 Å². The van der Waals surface area contributed by atoms with Crippen LogP contribution in [0.4, 0.5) is 0 Å². The summed E-state index contributed by atoms with van der Waals surface area (Å²) in [5.41, 5.74) is 0. The Morgan fingerprint density at radius 3 is 1.67 bits per heavy atom. The van der Waals surface area contributed by atoms with Crippen LogP contribution in [-0.4, -0.2) is 20.7 Å². The molecule has 0 aromatic heterocycles. The molecule has 0 nitrogen and oxygen atoms in total. The van der Waals surface area contributed by atoms with E-state index in [9.17, 15) is 0 Å². The van der Waals surface area contributed by atoms with E-state index in [0.717, 1.165) is 0 Å². The second-order valence-electron chi connectivity index (χ2n) is 1.46. The Morgan fingerprint density at radius 1 is 1.00 bits per heavy atom. The molecule has 1 rings (SSSR count). The minimum absolute atomic E-state index is 0. The monoisotopic (exact) mass is 99.1 g/mol. The molecule has 1 fully saturated rings. The lowest BCUT2D eigenvalue weighted by Gasteiger charge is -1.69. The molecule has 0 aromatic carbocycles. The summed E-state index contributed by atoms with van der Waals surface area (Å²) in [7, 11) is 1.31. The quantitative estimate of drug-likeness (QED) is 0.314. The highest BCUT2D eigenvalue weighted by Crippen LogP contribution is 2.21. The molecule has 33 valence electrons. The van der Waals surface area contributed by atoms with Gasteiger partial charge in [-0.15, -0.1) is 8.58 Å². The molecule has 0 N–H and O–H groups in total. The standard InChI is InChI=1S/C4H9P.B/c1-2-4-5-3-1;/h5H,1-4H2;. The smallest absolute Gasteiger partial charge is 0 e. The van der Waals surface area contributed by atoms with Crippen molar-refractivity contribution in [1.29, 1.82) is 0 Å². The Labute approximate surface area is 43.1 Å². The molecule has 0 atom stereocenters. The van der Waals surface area contributed by atoms with Crippen molar-refractivity contribution in [2.24, 2.45) is 0 Å². The Hall–Kier alpha value is 0.495. The molecule has 1 aliphatic heterocycles. The third kappa shape index (κ3) is 1.82. The van der Waals surface area contributed by atoms with E-state index in [1.807, 2.05) is 0 Å². The first kappa shape index (κ1) is 6.49. The van der Waals surface area contributed by atoms with Crippen molar-refractivity contribution >= 4 is 17.0 Å². The van der Waals surface area contributed by atoms with Gasteiger partial charge in [-0.1, -0.05) is 0 Å². The van der Waals surface area contributed by atoms with Gasteiger partial charge in [0.1, 0.15) is 0 Å². The van der Waals surface area contributed by atoms with Gasteiger partial charge in [0, 0.05) is 8.41 Å². The highest BCUT2D eigenvalue weighted by Gasteiger charge is 1.94.